The molecule has 10 heteroatoms. The standard InChI is InChI=1S/C26H35ClN4O5/c1-16-23(30-22-8-7-17(6-5-9-32)10-21(22)27)28-15-29-24(16)35-20-11-18-13-34-14-19(12-20)31(18)25(33)36-26(2,3)4/h7-8,10,15,18-20,32H,5-6,9,11-14H2,1-4H3,(H,28,29,30). The Hall–Kier alpha value is -2.62. The quantitative estimate of drug-likeness (QED) is 0.545. The number of carbonyl (C=O) groups excluding carboxylic acids is 1. The number of morpholine rings is 1. The second-order valence-corrected chi connectivity index (χ2v) is 10.8. The fourth-order valence-electron chi connectivity index (χ4n) is 4.64. The van der Waals surface area contributed by atoms with Crippen molar-refractivity contribution >= 4 is 29.2 Å². The van der Waals surface area contributed by atoms with E-state index in [4.69, 9.17) is 30.9 Å². The summed E-state index contributed by atoms with van der Waals surface area (Å²) in [5.41, 5.74) is 2.02. The molecule has 2 saturated heterocycles. The molecule has 2 atom stereocenters. The van der Waals surface area contributed by atoms with Gasteiger partial charge in [-0.25, -0.2) is 14.8 Å². The van der Waals surface area contributed by atoms with E-state index in [1.165, 1.54) is 6.33 Å². The highest BCUT2D eigenvalue weighted by Gasteiger charge is 2.44. The summed E-state index contributed by atoms with van der Waals surface area (Å²) >= 11 is 6.49. The van der Waals surface area contributed by atoms with Crippen LogP contribution in [-0.2, 0) is 15.9 Å². The smallest absolute Gasteiger partial charge is 0.410 e. The highest BCUT2D eigenvalue weighted by atomic mass is 35.5. The van der Waals surface area contributed by atoms with Gasteiger partial charge in [-0.05, 0) is 58.2 Å². The first-order valence-electron chi connectivity index (χ1n) is 12.4. The number of aliphatic hydroxyl groups excluding tert-OH is 1. The number of hydrogen-bond acceptors (Lipinski definition) is 8. The molecule has 1 aromatic heterocycles. The van der Waals surface area contributed by atoms with Gasteiger partial charge in [-0.15, -0.1) is 0 Å². The lowest BCUT2D eigenvalue weighted by Gasteiger charge is -2.47. The van der Waals surface area contributed by atoms with E-state index in [2.05, 4.69) is 15.3 Å². The zero-order valence-electron chi connectivity index (χ0n) is 21.3. The fraction of sp³-hybridized carbons (Fsp3) is 0.577. The number of benzene rings is 1. The number of piperidine rings is 1. The summed E-state index contributed by atoms with van der Waals surface area (Å²) in [5.74, 6) is 1.11. The summed E-state index contributed by atoms with van der Waals surface area (Å²) in [5, 5.41) is 12.9. The zero-order chi connectivity index (χ0) is 25.9. The van der Waals surface area contributed by atoms with Crippen molar-refractivity contribution in [2.24, 2.45) is 0 Å². The number of rotatable bonds is 7. The molecule has 0 spiro atoms. The Bertz CT molecular complexity index is 1060. The third kappa shape index (κ3) is 6.38. The third-order valence-electron chi connectivity index (χ3n) is 6.31. The second-order valence-electron chi connectivity index (χ2n) is 10.4. The molecule has 196 valence electrons. The molecule has 3 heterocycles. The zero-order valence-corrected chi connectivity index (χ0v) is 22.0. The van der Waals surface area contributed by atoms with Crippen LogP contribution in [-0.4, -0.2) is 69.7 Å². The molecular weight excluding hydrogens is 484 g/mol. The van der Waals surface area contributed by atoms with Gasteiger partial charge in [0.1, 0.15) is 23.9 Å². The Morgan fingerprint density at radius 1 is 1.25 bits per heavy atom. The van der Waals surface area contributed by atoms with Gasteiger partial charge in [-0.3, -0.25) is 4.90 Å². The molecule has 2 bridgehead atoms. The number of amides is 1. The molecule has 2 N–H and O–H groups in total. The van der Waals surface area contributed by atoms with Crippen LogP contribution in [0.5, 0.6) is 5.88 Å². The van der Waals surface area contributed by atoms with Crippen LogP contribution in [0.25, 0.3) is 0 Å². The lowest BCUT2D eigenvalue weighted by atomic mass is 9.92. The van der Waals surface area contributed by atoms with Gasteiger partial charge in [0.15, 0.2) is 0 Å². The van der Waals surface area contributed by atoms with Crippen LogP contribution < -0.4 is 10.1 Å². The van der Waals surface area contributed by atoms with Crippen molar-refractivity contribution in [1.82, 2.24) is 14.9 Å². The topological polar surface area (TPSA) is 106 Å². The summed E-state index contributed by atoms with van der Waals surface area (Å²) < 4.78 is 17.7. The maximum atomic E-state index is 12.8. The largest absolute Gasteiger partial charge is 0.474 e. The van der Waals surface area contributed by atoms with Crippen molar-refractivity contribution in [2.75, 3.05) is 25.1 Å². The Balaban J connectivity index is 1.44. The first-order chi connectivity index (χ1) is 17.1. The van der Waals surface area contributed by atoms with Crippen molar-refractivity contribution in [3.05, 3.63) is 40.7 Å². The van der Waals surface area contributed by atoms with Crippen molar-refractivity contribution in [3.8, 4) is 5.88 Å². The van der Waals surface area contributed by atoms with Crippen molar-refractivity contribution in [1.29, 1.82) is 0 Å². The number of aryl methyl sites for hydroxylation is 1. The normalized spacial score (nSPS) is 21.7. The number of anilines is 2. The van der Waals surface area contributed by atoms with Crippen LogP contribution in [0, 0.1) is 6.92 Å². The van der Waals surface area contributed by atoms with Gasteiger partial charge in [-0.1, -0.05) is 17.7 Å². The summed E-state index contributed by atoms with van der Waals surface area (Å²) in [6.45, 7) is 8.58. The molecule has 4 rings (SSSR count). The molecule has 0 aliphatic carbocycles. The number of carbonyl (C=O) groups is 1. The van der Waals surface area contributed by atoms with E-state index in [0.717, 1.165) is 23.2 Å². The summed E-state index contributed by atoms with van der Waals surface area (Å²) in [6, 6.07) is 5.56. The molecule has 2 fully saturated rings. The molecule has 36 heavy (non-hydrogen) atoms. The number of nitrogens with one attached hydrogen (secondary N) is 1. The Kier molecular flexibility index (Phi) is 8.22. The second kappa shape index (κ2) is 11.2. The van der Waals surface area contributed by atoms with Crippen LogP contribution in [0.2, 0.25) is 5.02 Å². The monoisotopic (exact) mass is 518 g/mol. The molecule has 2 aliphatic heterocycles. The van der Waals surface area contributed by atoms with E-state index in [-0.39, 0.29) is 30.9 Å². The van der Waals surface area contributed by atoms with Crippen LogP contribution in [0.15, 0.2) is 24.5 Å². The minimum atomic E-state index is -0.552. The predicted molar refractivity (Wildman–Crippen MR) is 137 cm³/mol. The van der Waals surface area contributed by atoms with E-state index in [9.17, 15) is 4.79 Å². The molecule has 9 nitrogen and oxygen atoms in total. The lowest BCUT2D eigenvalue weighted by molar-refractivity contribution is -0.0998. The van der Waals surface area contributed by atoms with Gasteiger partial charge < -0.3 is 24.6 Å². The number of halogens is 1. The SMILES string of the molecule is Cc1c(Nc2ccc(CCCO)cc2Cl)ncnc1OC1CC2COCC(C1)N2C(=O)OC(C)(C)C. The summed E-state index contributed by atoms with van der Waals surface area (Å²) in [6.07, 6.45) is 3.77. The molecule has 0 saturated carbocycles. The van der Waals surface area contributed by atoms with Crippen LogP contribution in [0.4, 0.5) is 16.3 Å². The van der Waals surface area contributed by atoms with Crippen LogP contribution >= 0.6 is 11.6 Å². The van der Waals surface area contributed by atoms with E-state index in [1.807, 2.05) is 50.8 Å². The molecule has 0 radical (unpaired) electrons. The van der Waals surface area contributed by atoms with Gasteiger partial charge in [0.05, 0.1) is 41.6 Å². The Labute approximate surface area is 217 Å². The van der Waals surface area contributed by atoms with E-state index >= 15 is 0 Å². The van der Waals surface area contributed by atoms with E-state index in [1.54, 1.807) is 0 Å². The highest BCUT2D eigenvalue weighted by Crippen LogP contribution is 2.34. The summed E-state index contributed by atoms with van der Waals surface area (Å²) in [4.78, 5) is 23.4. The van der Waals surface area contributed by atoms with E-state index < -0.39 is 5.60 Å². The highest BCUT2D eigenvalue weighted by molar-refractivity contribution is 6.33. The van der Waals surface area contributed by atoms with Gasteiger partial charge in [0.2, 0.25) is 5.88 Å². The number of fused-ring (bicyclic) bond motifs is 2. The number of nitrogens with zero attached hydrogens (tertiary/aromatic N) is 3. The number of aliphatic hydroxyl groups is 1. The molecular formula is C26H35ClN4O5. The number of hydrogen-bond donors (Lipinski definition) is 2. The number of ether oxygens (including phenoxy) is 3. The lowest BCUT2D eigenvalue weighted by Crippen LogP contribution is -2.61. The molecule has 2 aliphatic rings. The minimum absolute atomic E-state index is 0.111. The summed E-state index contributed by atoms with van der Waals surface area (Å²) in [7, 11) is 0. The maximum Gasteiger partial charge on any atom is 0.410 e. The molecule has 1 aromatic carbocycles. The first kappa shape index (κ1) is 26.4. The van der Waals surface area contributed by atoms with Gasteiger partial charge in [0.25, 0.3) is 0 Å². The maximum absolute atomic E-state index is 12.8. The average molecular weight is 519 g/mol. The van der Waals surface area contributed by atoms with Crippen molar-refractivity contribution in [3.63, 3.8) is 0 Å². The molecule has 1 amide bonds. The van der Waals surface area contributed by atoms with Gasteiger partial charge in [0, 0.05) is 19.4 Å². The Morgan fingerprint density at radius 2 is 1.97 bits per heavy atom. The van der Waals surface area contributed by atoms with Crippen LogP contribution in [0.1, 0.15) is 51.2 Å². The van der Waals surface area contributed by atoms with Gasteiger partial charge >= 0.3 is 6.09 Å². The predicted octanol–water partition coefficient (Wildman–Crippen LogP) is 4.65. The van der Waals surface area contributed by atoms with Crippen LogP contribution in [0.3, 0.4) is 0 Å². The molecule has 2 aromatic rings. The van der Waals surface area contributed by atoms with Gasteiger partial charge in [-0.2, -0.15) is 0 Å². The van der Waals surface area contributed by atoms with Crippen molar-refractivity contribution < 1.29 is 24.1 Å². The fourth-order valence-corrected chi connectivity index (χ4v) is 4.89. The number of aromatic nitrogens is 2. The molecule has 2 unspecified atom stereocenters. The van der Waals surface area contributed by atoms with E-state index in [0.29, 0.717) is 49.2 Å². The minimum Gasteiger partial charge on any atom is -0.474 e. The average Bonchev–Trinajstić information content (AvgIpc) is 2.80. The first-order valence-corrected chi connectivity index (χ1v) is 12.8. The Morgan fingerprint density at radius 3 is 2.61 bits per heavy atom. The third-order valence-corrected chi connectivity index (χ3v) is 6.62. The van der Waals surface area contributed by atoms with Crippen molar-refractivity contribution in [2.45, 2.75) is 77.2 Å².